The molecule has 0 spiro atoms. The maximum atomic E-state index is 12.4. The number of H-pyrrole nitrogens is 1. The van der Waals surface area contributed by atoms with Crippen molar-refractivity contribution in [2.75, 3.05) is 13.1 Å². The molecule has 1 saturated heterocycles. The van der Waals surface area contributed by atoms with Gasteiger partial charge in [0.25, 0.3) is 5.91 Å². The number of para-hydroxylation sites is 1. The van der Waals surface area contributed by atoms with Crippen LogP contribution in [0.4, 0.5) is 0 Å². The van der Waals surface area contributed by atoms with E-state index in [4.69, 9.17) is 5.11 Å². The number of amides is 1. The van der Waals surface area contributed by atoms with E-state index in [1.165, 1.54) is 0 Å². The molecule has 0 aliphatic carbocycles. The van der Waals surface area contributed by atoms with Crippen LogP contribution in [0, 0.1) is 5.92 Å². The quantitative estimate of drug-likeness (QED) is 0.861. The standard InChI is InChI=1S/C14H14N2O3/c17-13(16-6-5-9(8-16)14(18)19)11-7-15-12-4-2-1-3-10(11)12/h1-4,7,9,15H,5-6,8H2,(H,18,19). The Morgan fingerprint density at radius 1 is 1.32 bits per heavy atom. The van der Waals surface area contributed by atoms with Crippen LogP contribution in [0.25, 0.3) is 10.9 Å². The Morgan fingerprint density at radius 3 is 2.84 bits per heavy atom. The number of benzene rings is 1. The average Bonchev–Trinajstić information content (AvgIpc) is 3.05. The third-order valence-electron chi connectivity index (χ3n) is 3.64. The summed E-state index contributed by atoms with van der Waals surface area (Å²) in [5.74, 6) is -1.36. The third kappa shape index (κ3) is 1.97. The summed E-state index contributed by atoms with van der Waals surface area (Å²) in [4.78, 5) is 28.0. The summed E-state index contributed by atoms with van der Waals surface area (Å²) < 4.78 is 0. The molecule has 0 bridgehead atoms. The molecule has 1 amide bonds. The van der Waals surface area contributed by atoms with Gasteiger partial charge in [-0.3, -0.25) is 9.59 Å². The topological polar surface area (TPSA) is 73.4 Å². The monoisotopic (exact) mass is 258 g/mol. The van der Waals surface area contributed by atoms with Gasteiger partial charge in [-0.15, -0.1) is 0 Å². The number of aromatic nitrogens is 1. The van der Waals surface area contributed by atoms with Crippen LogP contribution in [0.1, 0.15) is 16.8 Å². The number of hydrogen-bond acceptors (Lipinski definition) is 2. The summed E-state index contributed by atoms with van der Waals surface area (Å²) in [6.07, 6.45) is 2.23. The molecule has 1 fully saturated rings. The highest BCUT2D eigenvalue weighted by Gasteiger charge is 2.31. The van der Waals surface area contributed by atoms with Crippen molar-refractivity contribution in [2.24, 2.45) is 5.92 Å². The molecule has 2 aromatic rings. The lowest BCUT2D eigenvalue weighted by atomic mass is 10.1. The van der Waals surface area contributed by atoms with Crippen LogP contribution in [0.3, 0.4) is 0 Å². The Bertz CT molecular complexity index is 647. The largest absolute Gasteiger partial charge is 0.481 e. The molecule has 1 aliphatic rings. The number of carbonyl (C=O) groups is 2. The molecule has 1 aromatic carbocycles. The molecule has 3 rings (SSSR count). The number of nitrogens with one attached hydrogen (secondary N) is 1. The highest BCUT2D eigenvalue weighted by molar-refractivity contribution is 6.06. The van der Waals surface area contributed by atoms with E-state index in [1.807, 2.05) is 24.3 Å². The number of hydrogen-bond donors (Lipinski definition) is 2. The molecule has 1 atom stereocenters. The van der Waals surface area contributed by atoms with E-state index < -0.39 is 11.9 Å². The number of aliphatic carboxylic acids is 1. The smallest absolute Gasteiger partial charge is 0.308 e. The van der Waals surface area contributed by atoms with E-state index in [9.17, 15) is 9.59 Å². The second kappa shape index (κ2) is 4.42. The van der Waals surface area contributed by atoms with Crippen molar-refractivity contribution in [3.8, 4) is 0 Å². The molecule has 5 heteroatoms. The highest BCUT2D eigenvalue weighted by Crippen LogP contribution is 2.23. The lowest BCUT2D eigenvalue weighted by Crippen LogP contribution is -2.29. The van der Waals surface area contributed by atoms with Gasteiger partial charge in [-0.05, 0) is 12.5 Å². The van der Waals surface area contributed by atoms with Crippen molar-refractivity contribution < 1.29 is 14.7 Å². The Kier molecular flexibility index (Phi) is 2.74. The van der Waals surface area contributed by atoms with Gasteiger partial charge in [-0.1, -0.05) is 18.2 Å². The van der Waals surface area contributed by atoms with Gasteiger partial charge in [0.05, 0.1) is 11.5 Å². The fourth-order valence-electron chi connectivity index (χ4n) is 2.57. The lowest BCUT2D eigenvalue weighted by molar-refractivity contribution is -0.141. The number of rotatable bonds is 2. The Morgan fingerprint density at radius 2 is 2.11 bits per heavy atom. The molecule has 5 nitrogen and oxygen atoms in total. The van der Waals surface area contributed by atoms with Crippen LogP contribution < -0.4 is 0 Å². The number of carboxylic acid groups (broad SMARTS) is 1. The molecule has 0 radical (unpaired) electrons. The van der Waals surface area contributed by atoms with Crippen molar-refractivity contribution in [1.29, 1.82) is 0 Å². The molecular weight excluding hydrogens is 244 g/mol. The SMILES string of the molecule is O=C(O)C1CCN(C(=O)c2c[nH]c3ccccc23)C1. The van der Waals surface area contributed by atoms with Gasteiger partial charge < -0.3 is 15.0 Å². The minimum atomic E-state index is -0.825. The lowest BCUT2D eigenvalue weighted by Gasteiger charge is -2.15. The maximum Gasteiger partial charge on any atom is 0.308 e. The van der Waals surface area contributed by atoms with Gasteiger partial charge in [-0.25, -0.2) is 0 Å². The van der Waals surface area contributed by atoms with Crippen molar-refractivity contribution in [3.63, 3.8) is 0 Å². The number of nitrogens with zero attached hydrogens (tertiary/aromatic N) is 1. The van der Waals surface area contributed by atoms with Gasteiger partial charge in [0.2, 0.25) is 0 Å². The third-order valence-corrected chi connectivity index (χ3v) is 3.64. The summed E-state index contributed by atoms with van der Waals surface area (Å²) >= 11 is 0. The zero-order valence-electron chi connectivity index (χ0n) is 10.3. The van der Waals surface area contributed by atoms with E-state index >= 15 is 0 Å². The van der Waals surface area contributed by atoms with Crippen LogP contribution in [0.2, 0.25) is 0 Å². The summed E-state index contributed by atoms with van der Waals surface area (Å²) in [6, 6.07) is 7.60. The van der Waals surface area contributed by atoms with E-state index in [-0.39, 0.29) is 5.91 Å². The Hall–Kier alpha value is -2.30. The molecule has 0 saturated carbocycles. The summed E-state index contributed by atoms with van der Waals surface area (Å²) in [7, 11) is 0. The van der Waals surface area contributed by atoms with Crippen LogP contribution in [0.15, 0.2) is 30.5 Å². The fourth-order valence-corrected chi connectivity index (χ4v) is 2.57. The first kappa shape index (κ1) is 11.8. The van der Waals surface area contributed by atoms with Crippen molar-refractivity contribution in [2.45, 2.75) is 6.42 Å². The highest BCUT2D eigenvalue weighted by atomic mass is 16.4. The fraction of sp³-hybridized carbons (Fsp3) is 0.286. The Balaban J connectivity index is 1.87. The summed E-state index contributed by atoms with van der Waals surface area (Å²) in [6.45, 7) is 0.809. The number of likely N-dealkylation sites (tertiary alicyclic amines) is 1. The van der Waals surface area contributed by atoms with Gasteiger partial charge in [0.1, 0.15) is 0 Å². The molecule has 19 heavy (non-hydrogen) atoms. The predicted octanol–water partition coefficient (Wildman–Crippen LogP) is 1.71. The van der Waals surface area contributed by atoms with E-state index in [0.29, 0.717) is 25.1 Å². The zero-order valence-corrected chi connectivity index (χ0v) is 10.3. The number of aromatic amines is 1. The van der Waals surface area contributed by atoms with Crippen LogP contribution in [-0.2, 0) is 4.79 Å². The van der Waals surface area contributed by atoms with Crippen LogP contribution >= 0.6 is 0 Å². The first-order valence-electron chi connectivity index (χ1n) is 6.25. The van der Waals surface area contributed by atoms with Crippen LogP contribution in [0.5, 0.6) is 0 Å². The van der Waals surface area contributed by atoms with Crippen molar-refractivity contribution in [1.82, 2.24) is 9.88 Å². The maximum absolute atomic E-state index is 12.4. The number of carboxylic acids is 1. The molecule has 1 aromatic heterocycles. The first-order valence-corrected chi connectivity index (χ1v) is 6.25. The van der Waals surface area contributed by atoms with E-state index in [1.54, 1.807) is 11.1 Å². The minimum absolute atomic E-state index is 0.0961. The average molecular weight is 258 g/mol. The molecule has 1 aliphatic heterocycles. The van der Waals surface area contributed by atoms with E-state index in [0.717, 1.165) is 10.9 Å². The van der Waals surface area contributed by atoms with Gasteiger partial charge in [-0.2, -0.15) is 0 Å². The van der Waals surface area contributed by atoms with Gasteiger partial charge in [0.15, 0.2) is 0 Å². The second-order valence-electron chi connectivity index (χ2n) is 4.82. The summed E-state index contributed by atoms with van der Waals surface area (Å²) in [5.41, 5.74) is 1.53. The van der Waals surface area contributed by atoms with Gasteiger partial charge in [0, 0.05) is 30.2 Å². The molecular formula is C14H14N2O3. The van der Waals surface area contributed by atoms with Crippen LogP contribution in [-0.4, -0.2) is 40.0 Å². The molecule has 2 N–H and O–H groups in total. The van der Waals surface area contributed by atoms with Gasteiger partial charge >= 0.3 is 5.97 Å². The number of carbonyl (C=O) groups excluding carboxylic acids is 1. The minimum Gasteiger partial charge on any atom is -0.481 e. The normalized spacial score (nSPS) is 18.9. The predicted molar refractivity (Wildman–Crippen MR) is 69.9 cm³/mol. The Labute approximate surface area is 109 Å². The van der Waals surface area contributed by atoms with E-state index in [2.05, 4.69) is 4.98 Å². The molecule has 2 heterocycles. The van der Waals surface area contributed by atoms with Crippen molar-refractivity contribution in [3.05, 3.63) is 36.0 Å². The van der Waals surface area contributed by atoms with Crippen molar-refractivity contribution >= 4 is 22.8 Å². The number of fused-ring (bicyclic) bond motifs is 1. The second-order valence-corrected chi connectivity index (χ2v) is 4.82. The zero-order chi connectivity index (χ0) is 13.4. The molecule has 1 unspecified atom stereocenters. The summed E-state index contributed by atoms with van der Waals surface area (Å²) in [5, 5.41) is 9.85. The molecule has 98 valence electrons. The first-order chi connectivity index (χ1) is 9.16.